The van der Waals surface area contributed by atoms with Gasteiger partial charge in [-0.15, -0.1) is 12.6 Å². The fourth-order valence-corrected chi connectivity index (χ4v) is 1.18. The lowest BCUT2D eigenvalue weighted by atomic mass is 10.2. The minimum atomic E-state index is 0.348. The maximum absolute atomic E-state index is 4.18. The molecular formula is C9H14N4S. The SMILES string of the molecule is C/C(=C\N=C/S)n1ncnc1C(C)C. The molecule has 0 aliphatic carbocycles. The Bertz CT molecular complexity index is 351. The van der Waals surface area contributed by atoms with Crippen molar-refractivity contribution in [3.05, 3.63) is 18.4 Å². The third-order valence-electron chi connectivity index (χ3n) is 1.75. The summed E-state index contributed by atoms with van der Waals surface area (Å²) in [4.78, 5) is 8.10. The zero-order valence-corrected chi connectivity index (χ0v) is 9.44. The second-order valence-electron chi connectivity index (χ2n) is 3.22. The topological polar surface area (TPSA) is 43.1 Å². The van der Waals surface area contributed by atoms with Gasteiger partial charge in [0.15, 0.2) is 0 Å². The van der Waals surface area contributed by atoms with E-state index in [9.17, 15) is 0 Å². The van der Waals surface area contributed by atoms with Crippen molar-refractivity contribution < 1.29 is 0 Å². The van der Waals surface area contributed by atoms with E-state index in [-0.39, 0.29) is 0 Å². The van der Waals surface area contributed by atoms with Gasteiger partial charge in [-0.05, 0) is 6.92 Å². The van der Waals surface area contributed by atoms with Gasteiger partial charge in [0.05, 0.1) is 11.2 Å². The van der Waals surface area contributed by atoms with Gasteiger partial charge < -0.3 is 0 Å². The summed E-state index contributed by atoms with van der Waals surface area (Å²) in [5.41, 5.74) is 2.37. The van der Waals surface area contributed by atoms with Crippen molar-refractivity contribution >= 4 is 23.9 Å². The van der Waals surface area contributed by atoms with Crippen molar-refractivity contribution in [2.75, 3.05) is 0 Å². The number of allylic oxidation sites excluding steroid dienone is 1. The van der Waals surface area contributed by atoms with Gasteiger partial charge in [-0.25, -0.2) is 9.67 Å². The zero-order chi connectivity index (χ0) is 10.6. The van der Waals surface area contributed by atoms with Gasteiger partial charge in [-0.3, -0.25) is 4.99 Å². The quantitative estimate of drug-likeness (QED) is 0.472. The number of nitrogens with zero attached hydrogens (tertiary/aromatic N) is 4. The highest BCUT2D eigenvalue weighted by atomic mass is 32.1. The van der Waals surface area contributed by atoms with E-state index >= 15 is 0 Å². The van der Waals surface area contributed by atoms with E-state index in [0.29, 0.717) is 5.92 Å². The maximum atomic E-state index is 4.18. The van der Waals surface area contributed by atoms with Gasteiger partial charge in [-0.1, -0.05) is 13.8 Å². The van der Waals surface area contributed by atoms with Gasteiger partial charge in [0.2, 0.25) is 0 Å². The molecule has 0 fully saturated rings. The number of hydrogen-bond donors (Lipinski definition) is 1. The molecule has 0 N–H and O–H groups in total. The number of aliphatic imine (C=N–C) groups is 1. The first kappa shape index (κ1) is 11.0. The predicted molar refractivity (Wildman–Crippen MR) is 61.5 cm³/mol. The Morgan fingerprint density at radius 2 is 2.36 bits per heavy atom. The highest BCUT2D eigenvalue weighted by Gasteiger charge is 2.08. The molecule has 0 unspecified atom stereocenters. The molecule has 0 aliphatic heterocycles. The lowest BCUT2D eigenvalue weighted by molar-refractivity contribution is 0.720. The normalized spacial score (nSPS) is 13.1. The largest absolute Gasteiger partial charge is 0.256 e. The van der Waals surface area contributed by atoms with Gasteiger partial charge in [0, 0.05) is 12.1 Å². The van der Waals surface area contributed by atoms with Crippen LogP contribution in [0.2, 0.25) is 0 Å². The fourth-order valence-electron chi connectivity index (χ4n) is 1.11. The van der Waals surface area contributed by atoms with E-state index in [0.717, 1.165) is 11.5 Å². The van der Waals surface area contributed by atoms with Crippen LogP contribution in [0.25, 0.3) is 5.70 Å². The predicted octanol–water partition coefficient (Wildman–Crippen LogP) is 2.18. The first-order chi connectivity index (χ1) is 6.66. The van der Waals surface area contributed by atoms with Crippen molar-refractivity contribution in [3.63, 3.8) is 0 Å². The smallest absolute Gasteiger partial charge is 0.138 e. The molecule has 0 bridgehead atoms. The monoisotopic (exact) mass is 210 g/mol. The summed E-state index contributed by atoms with van der Waals surface area (Å²) in [6.45, 7) is 6.09. The minimum absolute atomic E-state index is 0.348. The molecule has 0 atom stereocenters. The van der Waals surface area contributed by atoms with E-state index in [1.54, 1.807) is 17.2 Å². The molecule has 0 aliphatic rings. The standard InChI is InChI=1S/C9H14N4S/c1-7(2)9-11-5-12-13(9)8(3)4-10-6-14/h4-7H,1-3H3,(H,10,14)/b8-4+. The molecule has 4 nitrogen and oxygen atoms in total. The van der Waals surface area contributed by atoms with Crippen molar-refractivity contribution in [2.24, 2.45) is 4.99 Å². The van der Waals surface area contributed by atoms with Crippen LogP contribution < -0.4 is 0 Å². The lowest BCUT2D eigenvalue weighted by Gasteiger charge is -2.07. The second kappa shape index (κ2) is 4.95. The Balaban J connectivity index is 3.00. The third-order valence-corrected chi connectivity index (χ3v) is 1.89. The average molecular weight is 210 g/mol. The van der Waals surface area contributed by atoms with Crippen LogP contribution >= 0.6 is 12.6 Å². The zero-order valence-electron chi connectivity index (χ0n) is 8.55. The number of thiol groups is 1. The molecule has 0 saturated carbocycles. The molecule has 1 aromatic heterocycles. The Kier molecular flexibility index (Phi) is 3.88. The summed E-state index contributed by atoms with van der Waals surface area (Å²) in [6.07, 6.45) is 3.25. The second-order valence-corrected chi connectivity index (χ2v) is 3.45. The van der Waals surface area contributed by atoms with E-state index in [2.05, 4.69) is 41.6 Å². The van der Waals surface area contributed by atoms with Crippen molar-refractivity contribution in [3.8, 4) is 0 Å². The van der Waals surface area contributed by atoms with Crippen LogP contribution in [0.3, 0.4) is 0 Å². The summed E-state index contributed by atoms with van der Waals surface area (Å²) < 4.78 is 1.78. The van der Waals surface area contributed by atoms with Crippen molar-refractivity contribution in [1.29, 1.82) is 0 Å². The lowest BCUT2D eigenvalue weighted by Crippen LogP contribution is -2.04. The first-order valence-electron chi connectivity index (χ1n) is 4.39. The van der Waals surface area contributed by atoms with Gasteiger partial charge in [0.25, 0.3) is 0 Å². The maximum Gasteiger partial charge on any atom is 0.138 e. The Labute approximate surface area is 89.2 Å². The van der Waals surface area contributed by atoms with Crippen LogP contribution in [-0.4, -0.2) is 20.3 Å². The van der Waals surface area contributed by atoms with Crippen LogP contribution in [0.15, 0.2) is 17.5 Å². The Morgan fingerprint density at radius 3 is 2.93 bits per heavy atom. The number of rotatable bonds is 3. The highest BCUT2D eigenvalue weighted by molar-refractivity contribution is 7.94. The molecule has 1 rings (SSSR count). The number of hydrogen-bond acceptors (Lipinski definition) is 3. The average Bonchev–Trinajstić information content (AvgIpc) is 2.62. The first-order valence-corrected chi connectivity index (χ1v) is 4.91. The molecule has 1 heterocycles. The van der Waals surface area contributed by atoms with Gasteiger partial charge >= 0.3 is 0 Å². The number of aromatic nitrogens is 3. The van der Waals surface area contributed by atoms with E-state index in [1.807, 2.05) is 6.92 Å². The summed E-state index contributed by atoms with van der Waals surface area (Å²) in [5.74, 6) is 1.29. The summed E-state index contributed by atoms with van der Waals surface area (Å²) in [5, 5.41) is 4.13. The Hall–Kier alpha value is -1.10. The molecule has 14 heavy (non-hydrogen) atoms. The molecule has 76 valence electrons. The van der Waals surface area contributed by atoms with Gasteiger partial charge in [-0.2, -0.15) is 5.10 Å². The molecule has 0 aromatic carbocycles. The fraction of sp³-hybridized carbons (Fsp3) is 0.444. The third kappa shape index (κ3) is 2.45. The summed E-state index contributed by atoms with van der Waals surface area (Å²) >= 11 is 3.88. The molecule has 1 aromatic rings. The molecule has 0 spiro atoms. The van der Waals surface area contributed by atoms with Crippen LogP contribution in [0.5, 0.6) is 0 Å². The molecular weight excluding hydrogens is 196 g/mol. The highest BCUT2D eigenvalue weighted by Crippen LogP contribution is 2.14. The molecule has 0 amide bonds. The molecule has 5 heteroatoms. The van der Waals surface area contributed by atoms with Crippen LogP contribution in [0.4, 0.5) is 0 Å². The van der Waals surface area contributed by atoms with Crippen LogP contribution in [0.1, 0.15) is 32.5 Å². The van der Waals surface area contributed by atoms with E-state index in [4.69, 9.17) is 0 Å². The Morgan fingerprint density at radius 1 is 1.64 bits per heavy atom. The minimum Gasteiger partial charge on any atom is -0.256 e. The van der Waals surface area contributed by atoms with Crippen molar-refractivity contribution in [1.82, 2.24) is 14.8 Å². The van der Waals surface area contributed by atoms with Gasteiger partial charge in [0.1, 0.15) is 12.2 Å². The van der Waals surface area contributed by atoms with E-state index in [1.165, 1.54) is 5.55 Å². The summed E-state index contributed by atoms with van der Waals surface area (Å²) in [6, 6.07) is 0. The summed E-state index contributed by atoms with van der Waals surface area (Å²) in [7, 11) is 0. The van der Waals surface area contributed by atoms with Crippen LogP contribution in [-0.2, 0) is 0 Å². The van der Waals surface area contributed by atoms with Crippen molar-refractivity contribution in [2.45, 2.75) is 26.7 Å². The molecule has 0 radical (unpaired) electrons. The van der Waals surface area contributed by atoms with E-state index < -0.39 is 0 Å². The molecule has 0 saturated heterocycles. The van der Waals surface area contributed by atoms with Crippen LogP contribution in [0, 0.1) is 0 Å².